The number of carbonyl (C=O) groups excluding carboxylic acids is 1. The molecule has 24 heteroatoms. The van der Waals surface area contributed by atoms with Crippen molar-refractivity contribution in [2.24, 2.45) is 0 Å². The van der Waals surface area contributed by atoms with Crippen LogP contribution in [0.1, 0.15) is 27.7 Å². The molecule has 0 aromatic heterocycles. The maximum Gasteiger partial charge on any atom is 0.217 e. The molecule has 5 rings (SSSR count). The number of nitrogens with one attached hydrogen (secondary N) is 1. The molecule has 0 aromatic carbocycles. The van der Waals surface area contributed by atoms with Gasteiger partial charge in [0.15, 0.2) is 31.5 Å². The molecule has 1 amide bonds. The van der Waals surface area contributed by atoms with E-state index in [9.17, 15) is 71.2 Å². The van der Waals surface area contributed by atoms with Gasteiger partial charge in [-0.25, -0.2) is 0 Å². The van der Waals surface area contributed by atoms with E-state index in [0.29, 0.717) is 0 Å². The molecule has 14 N–H and O–H groups in total. The molecule has 5 fully saturated rings. The first-order chi connectivity index (χ1) is 26.3. The van der Waals surface area contributed by atoms with Crippen LogP contribution in [0, 0.1) is 0 Å². The summed E-state index contributed by atoms with van der Waals surface area (Å²) in [4.78, 5) is 12.2. The Labute approximate surface area is 319 Å². The Hall–Kier alpha value is -1.41. The summed E-state index contributed by atoms with van der Waals surface area (Å²) in [7, 11) is 0. The van der Waals surface area contributed by atoms with Crippen molar-refractivity contribution in [1.82, 2.24) is 5.32 Å². The van der Waals surface area contributed by atoms with Gasteiger partial charge in [0, 0.05) is 6.92 Å². The third kappa shape index (κ3) is 9.31. The lowest BCUT2D eigenvalue weighted by molar-refractivity contribution is -0.408. The molecule has 25 atom stereocenters. The van der Waals surface area contributed by atoms with Gasteiger partial charge in [-0.05, 0) is 20.8 Å². The van der Waals surface area contributed by atoms with Gasteiger partial charge in [0.1, 0.15) is 104 Å². The number of amides is 1. The molecule has 0 unspecified atom stereocenters. The van der Waals surface area contributed by atoms with Crippen LogP contribution in [0.4, 0.5) is 0 Å². The van der Waals surface area contributed by atoms with Gasteiger partial charge in [0.05, 0.1) is 31.5 Å². The highest BCUT2D eigenvalue weighted by atomic mass is 16.8. The zero-order chi connectivity index (χ0) is 41.5. The molecule has 5 heterocycles. The third-order valence-electron chi connectivity index (χ3n) is 10.6. The van der Waals surface area contributed by atoms with E-state index >= 15 is 0 Å². The van der Waals surface area contributed by atoms with Crippen molar-refractivity contribution < 1.29 is 114 Å². The van der Waals surface area contributed by atoms with Crippen molar-refractivity contribution in [1.29, 1.82) is 0 Å². The normalized spacial score (nSPS) is 53.1. The first-order valence-corrected chi connectivity index (χ1v) is 18.2. The predicted octanol–water partition coefficient (Wildman–Crippen LogP) is -8.70. The number of aliphatic hydroxyl groups is 13. The fourth-order valence-electron chi connectivity index (χ4n) is 7.21. The maximum atomic E-state index is 12.2. The average molecular weight is 822 g/mol. The lowest BCUT2D eigenvalue weighted by atomic mass is 9.95. The topological polar surface area (TPSA) is 375 Å². The van der Waals surface area contributed by atoms with E-state index < -0.39 is 173 Å². The molecule has 0 radical (unpaired) electrons. The Kier molecular flexibility index (Phi) is 15.4. The molecule has 326 valence electrons. The van der Waals surface area contributed by atoms with E-state index in [1.54, 1.807) is 0 Å². The molecule has 0 aromatic rings. The summed E-state index contributed by atoms with van der Waals surface area (Å²) in [6.07, 6.45) is -41.1. The summed E-state index contributed by atoms with van der Waals surface area (Å²) in [5.74, 6) is -0.737. The quantitative estimate of drug-likeness (QED) is 0.0920. The maximum absolute atomic E-state index is 12.2. The van der Waals surface area contributed by atoms with Crippen LogP contribution < -0.4 is 5.32 Å². The van der Waals surface area contributed by atoms with Crippen LogP contribution in [0.2, 0.25) is 0 Å². The Morgan fingerprint density at radius 1 is 0.464 bits per heavy atom. The predicted molar refractivity (Wildman–Crippen MR) is 174 cm³/mol. The minimum atomic E-state index is -2.01. The van der Waals surface area contributed by atoms with E-state index in [4.69, 9.17) is 42.6 Å². The molecule has 0 spiro atoms. The molecule has 5 aliphatic heterocycles. The van der Waals surface area contributed by atoms with E-state index in [1.807, 2.05) is 0 Å². The lowest BCUT2D eigenvalue weighted by Crippen LogP contribution is -2.69. The van der Waals surface area contributed by atoms with Gasteiger partial charge < -0.3 is 114 Å². The van der Waals surface area contributed by atoms with Crippen molar-refractivity contribution in [3.05, 3.63) is 0 Å². The van der Waals surface area contributed by atoms with Crippen molar-refractivity contribution in [3.8, 4) is 0 Å². The first-order valence-electron chi connectivity index (χ1n) is 18.2. The van der Waals surface area contributed by atoms with Crippen LogP contribution in [-0.2, 0) is 47.4 Å². The summed E-state index contributed by atoms with van der Waals surface area (Å²) in [5, 5.41) is 141. The fourth-order valence-corrected chi connectivity index (χ4v) is 7.21. The molecule has 0 saturated carbocycles. The third-order valence-corrected chi connectivity index (χ3v) is 10.6. The number of aliphatic hydroxyl groups excluding tert-OH is 13. The van der Waals surface area contributed by atoms with Gasteiger partial charge >= 0.3 is 0 Å². The van der Waals surface area contributed by atoms with Gasteiger partial charge in [0.2, 0.25) is 5.91 Å². The summed E-state index contributed by atoms with van der Waals surface area (Å²) in [6, 6.07) is -1.59. The van der Waals surface area contributed by atoms with Gasteiger partial charge in [-0.3, -0.25) is 4.79 Å². The zero-order valence-corrected chi connectivity index (χ0v) is 30.7. The van der Waals surface area contributed by atoms with Gasteiger partial charge in [-0.1, -0.05) is 0 Å². The Bertz CT molecular complexity index is 1260. The number of ether oxygens (including phenoxy) is 9. The highest BCUT2D eigenvalue weighted by molar-refractivity contribution is 5.73. The van der Waals surface area contributed by atoms with Crippen molar-refractivity contribution in [2.75, 3.05) is 13.2 Å². The second kappa shape index (κ2) is 18.9. The van der Waals surface area contributed by atoms with Crippen LogP contribution in [-0.4, -0.2) is 239 Å². The van der Waals surface area contributed by atoms with Crippen LogP contribution in [0.15, 0.2) is 0 Å². The molecule has 5 aliphatic rings. The van der Waals surface area contributed by atoms with Crippen molar-refractivity contribution in [3.63, 3.8) is 0 Å². The number of carbonyl (C=O) groups is 1. The van der Waals surface area contributed by atoms with E-state index in [-0.39, 0.29) is 0 Å². The molecule has 0 bridgehead atoms. The highest BCUT2D eigenvalue weighted by Crippen LogP contribution is 2.37. The number of hydrogen-bond acceptors (Lipinski definition) is 23. The van der Waals surface area contributed by atoms with E-state index in [1.165, 1.54) is 20.8 Å². The number of hydrogen-bond donors (Lipinski definition) is 14. The standard InChI is InChI=1S/C32H55NO23/c1-7-14(37)21(44)26(31(49-7)53-24-15(38)8(2)48-28(47)23(24)46)55-32-27(56-29-13(33-10(4)36)19(42)17(40)11(5-34)51-29)25(16(39)9(3)50-32)54-30-22(45)20(43)18(41)12(6-35)52-30/h7-9,11-32,34-35,37-47H,5-6H2,1-4H3,(H,33,36)/t7-,8-,9-,11+,12+,13+,14-,15-,16-,17+,18+,19+,20-,21+,22+,23+,24+,25+,26+,27+,28+,29-,30+,31-,32-/m0/s1. The van der Waals surface area contributed by atoms with Crippen LogP contribution in [0.25, 0.3) is 0 Å². The minimum absolute atomic E-state index is 0.737. The Morgan fingerprint density at radius 3 is 1.52 bits per heavy atom. The molecule has 5 saturated heterocycles. The Balaban J connectivity index is 1.53. The van der Waals surface area contributed by atoms with Crippen LogP contribution in [0.5, 0.6) is 0 Å². The van der Waals surface area contributed by atoms with Crippen LogP contribution >= 0.6 is 0 Å². The molecule has 56 heavy (non-hydrogen) atoms. The van der Waals surface area contributed by atoms with E-state index in [2.05, 4.69) is 5.32 Å². The van der Waals surface area contributed by atoms with Crippen molar-refractivity contribution in [2.45, 2.75) is 181 Å². The summed E-state index contributed by atoms with van der Waals surface area (Å²) in [6.45, 7) is 3.43. The molecule has 24 nitrogen and oxygen atoms in total. The van der Waals surface area contributed by atoms with E-state index in [0.717, 1.165) is 6.92 Å². The smallest absolute Gasteiger partial charge is 0.217 e. The zero-order valence-electron chi connectivity index (χ0n) is 30.7. The number of rotatable bonds is 11. The Morgan fingerprint density at radius 2 is 0.929 bits per heavy atom. The summed E-state index contributed by atoms with van der Waals surface area (Å²) in [5.41, 5.74) is 0. The second-order valence-corrected chi connectivity index (χ2v) is 14.6. The minimum Gasteiger partial charge on any atom is -0.394 e. The molecular weight excluding hydrogens is 766 g/mol. The largest absolute Gasteiger partial charge is 0.394 e. The summed E-state index contributed by atoms with van der Waals surface area (Å²) >= 11 is 0. The lowest BCUT2D eigenvalue weighted by Gasteiger charge is -2.51. The molecular formula is C32H55NO23. The second-order valence-electron chi connectivity index (χ2n) is 14.6. The monoisotopic (exact) mass is 821 g/mol. The fraction of sp³-hybridized carbons (Fsp3) is 0.969. The summed E-state index contributed by atoms with van der Waals surface area (Å²) < 4.78 is 52.2. The van der Waals surface area contributed by atoms with Crippen LogP contribution in [0.3, 0.4) is 0 Å². The van der Waals surface area contributed by atoms with Crippen molar-refractivity contribution >= 4 is 5.91 Å². The van der Waals surface area contributed by atoms with Gasteiger partial charge in [0.25, 0.3) is 0 Å². The SMILES string of the molecule is CC(=O)N[C@H]1[C@H](O[C@H]2[C@H](O[C@H]3[C@H](O[C@@H]4[C@@H](O)[C@H](C)O[C@@H](O)[C@@H]4O)O[C@@H](C)[C@H](O)[C@H]3O)O[C@@H](C)[C@H](O)[C@H]2O[C@H]2O[C@H](CO)[C@@H](O)[C@H](O)[C@H]2O)O[C@H](CO)[C@@H](O)[C@@H]1O. The van der Waals surface area contributed by atoms with Gasteiger partial charge in [-0.2, -0.15) is 0 Å². The highest BCUT2D eigenvalue weighted by Gasteiger charge is 2.57. The first kappa shape index (κ1) is 45.7. The van der Waals surface area contributed by atoms with Gasteiger partial charge in [-0.15, -0.1) is 0 Å². The molecule has 0 aliphatic carbocycles. The average Bonchev–Trinajstić information content (AvgIpc) is 3.15.